The lowest BCUT2D eigenvalue weighted by Crippen LogP contribution is -2.31. The van der Waals surface area contributed by atoms with Crippen molar-refractivity contribution in [2.45, 2.75) is 13.3 Å². The fourth-order valence-corrected chi connectivity index (χ4v) is 1.89. The van der Waals surface area contributed by atoms with Crippen LogP contribution in [0.4, 0.5) is 0 Å². The van der Waals surface area contributed by atoms with Crippen molar-refractivity contribution in [3.05, 3.63) is 29.3 Å². The second kappa shape index (κ2) is 7.27. The zero-order chi connectivity index (χ0) is 12.7. The molecule has 0 saturated heterocycles. The number of phenolic OH excluding ortho intramolecular Hbond substituents is 1. The molecular formula is C13H21NO3. The Balaban J connectivity index is 2.52. The zero-order valence-electron chi connectivity index (χ0n) is 10.3. The molecule has 0 radical (unpaired) electrons. The maximum absolute atomic E-state index is 9.47. The molecule has 0 fully saturated rings. The second-order valence-corrected chi connectivity index (χ2v) is 4.22. The normalized spacial score (nSPS) is 11.1. The van der Waals surface area contributed by atoms with Gasteiger partial charge in [0.25, 0.3) is 0 Å². The molecule has 1 aromatic rings. The standard InChI is InChI=1S/C13H21NO3/c1-11-8-12(10-13(17)9-11)2-3-14(4-6-15)5-7-16/h8-10,15-17H,2-7H2,1H3. The van der Waals surface area contributed by atoms with Gasteiger partial charge in [0.15, 0.2) is 0 Å². The molecule has 0 aliphatic carbocycles. The number of hydrogen-bond acceptors (Lipinski definition) is 4. The molecule has 0 aliphatic heterocycles. The van der Waals surface area contributed by atoms with Crippen molar-refractivity contribution in [2.24, 2.45) is 0 Å². The summed E-state index contributed by atoms with van der Waals surface area (Å²) in [5, 5.41) is 27.2. The van der Waals surface area contributed by atoms with E-state index in [9.17, 15) is 5.11 Å². The molecule has 4 nitrogen and oxygen atoms in total. The maximum atomic E-state index is 9.47. The van der Waals surface area contributed by atoms with Crippen LogP contribution in [0.3, 0.4) is 0 Å². The van der Waals surface area contributed by atoms with E-state index in [0.29, 0.717) is 13.1 Å². The Morgan fingerprint density at radius 1 is 1.00 bits per heavy atom. The highest BCUT2D eigenvalue weighted by atomic mass is 16.3. The van der Waals surface area contributed by atoms with Crippen molar-refractivity contribution in [3.8, 4) is 5.75 Å². The number of rotatable bonds is 7. The molecule has 0 amide bonds. The summed E-state index contributed by atoms with van der Waals surface area (Å²) in [5.74, 6) is 0.288. The van der Waals surface area contributed by atoms with Crippen LogP contribution in [0, 0.1) is 6.92 Å². The minimum Gasteiger partial charge on any atom is -0.508 e. The Hall–Kier alpha value is -1.10. The number of aryl methyl sites for hydroxylation is 1. The molecule has 0 aromatic heterocycles. The first kappa shape index (κ1) is 14.0. The van der Waals surface area contributed by atoms with E-state index in [1.54, 1.807) is 12.1 Å². The fraction of sp³-hybridized carbons (Fsp3) is 0.538. The van der Waals surface area contributed by atoms with Gasteiger partial charge in [-0.15, -0.1) is 0 Å². The number of phenols is 1. The van der Waals surface area contributed by atoms with Gasteiger partial charge in [-0.05, 0) is 36.6 Å². The highest BCUT2D eigenvalue weighted by Crippen LogP contribution is 2.15. The fourth-order valence-electron chi connectivity index (χ4n) is 1.89. The van der Waals surface area contributed by atoms with Crippen LogP contribution < -0.4 is 0 Å². The first-order chi connectivity index (χ1) is 8.15. The summed E-state index contributed by atoms with van der Waals surface area (Å²) in [7, 11) is 0. The summed E-state index contributed by atoms with van der Waals surface area (Å²) in [6.45, 7) is 4.04. The van der Waals surface area contributed by atoms with Crippen LogP contribution in [0.25, 0.3) is 0 Å². The lowest BCUT2D eigenvalue weighted by Gasteiger charge is -2.20. The monoisotopic (exact) mass is 239 g/mol. The van der Waals surface area contributed by atoms with Crippen LogP contribution in [-0.2, 0) is 6.42 Å². The second-order valence-electron chi connectivity index (χ2n) is 4.22. The molecule has 4 heteroatoms. The molecule has 1 rings (SSSR count). The molecule has 0 bridgehead atoms. The molecule has 96 valence electrons. The predicted octanol–water partition coefficient (Wildman–Crippen LogP) is 0.530. The minimum absolute atomic E-state index is 0.0963. The number of hydrogen-bond donors (Lipinski definition) is 3. The molecule has 0 atom stereocenters. The van der Waals surface area contributed by atoms with Crippen LogP contribution in [-0.4, -0.2) is 53.1 Å². The molecule has 0 heterocycles. The van der Waals surface area contributed by atoms with E-state index >= 15 is 0 Å². The predicted molar refractivity (Wildman–Crippen MR) is 67.2 cm³/mol. The number of aromatic hydroxyl groups is 1. The summed E-state index contributed by atoms with van der Waals surface area (Å²) in [5.41, 5.74) is 2.11. The zero-order valence-corrected chi connectivity index (χ0v) is 10.3. The highest BCUT2D eigenvalue weighted by Gasteiger charge is 2.04. The number of aliphatic hydroxyl groups is 2. The molecule has 1 aromatic carbocycles. The van der Waals surface area contributed by atoms with E-state index in [0.717, 1.165) is 24.1 Å². The summed E-state index contributed by atoms with van der Waals surface area (Å²) < 4.78 is 0. The van der Waals surface area contributed by atoms with Crippen molar-refractivity contribution in [3.63, 3.8) is 0 Å². The lowest BCUT2D eigenvalue weighted by molar-refractivity contribution is 0.162. The molecule has 0 aliphatic rings. The number of aliphatic hydroxyl groups excluding tert-OH is 2. The summed E-state index contributed by atoms with van der Waals surface area (Å²) in [6, 6.07) is 5.52. The Labute approximate surface area is 102 Å². The van der Waals surface area contributed by atoms with Gasteiger partial charge in [0, 0.05) is 19.6 Å². The van der Waals surface area contributed by atoms with Crippen molar-refractivity contribution in [1.82, 2.24) is 4.90 Å². The number of benzene rings is 1. The van der Waals surface area contributed by atoms with Gasteiger partial charge >= 0.3 is 0 Å². The van der Waals surface area contributed by atoms with E-state index in [4.69, 9.17) is 10.2 Å². The molecule has 0 spiro atoms. The SMILES string of the molecule is Cc1cc(O)cc(CCN(CCO)CCO)c1. The van der Waals surface area contributed by atoms with Crippen LogP contribution in [0.1, 0.15) is 11.1 Å². The Kier molecular flexibility index (Phi) is 5.97. The average molecular weight is 239 g/mol. The molecule has 3 N–H and O–H groups in total. The van der Waals surface area contributed by atoms with Gasteiger partial charge in [0.2, 0.25) is 0 Å². The summed E-state index contributed by atoms with van der Waals surface area (Å²) >= 11 is 0. The molecule has 0 unspecified atom stereocenters. The number of nitrogens with zero attached hydrogens (tertiary/aromatic N) is 1. The van der Waals surface area contributed by atoms with Crippen molar-refractivity contribution in [1.29, 1.82) is 0 Å². The van der Waals surface area contributed by atoms with Crippen molar-refractivity contribution >= 4 is 0 Å². The van der Waals surface area contributed by atoms with Gasteiger partial charge in [0.05, 0.1) is 13.2 Å². The van der Waals surface area contributed by atoms with E-state index in [-0.39, 0.29) is 19.0 Å². The van der Waals surface area contributed by atoms with Gasteiger partial charge in [0.1, 0.15) is 5.75 Å². The van der Waals surface area contributed by atoms with Gasteiger partial charge < -0.3 is 15.3 Å². The van der Waals surface area contributed by atoms with E-state index in [1.807, 2.05) is 17.9 Å². The Morgan fingerprint density at radius 3 is 2.18 bits per heavy atom. The summed E-state index contributed by atoms with van der Waals surface area (Å²) in [6.07, 6.45) is 0.801. The average Bonchev–Trinajstić information content (AvgIpc) is 2.25. The van der Waals surface area contributed by atoms with E-state index < -0.39 is 0 Å². The largest absolute Gasteiger partial charge is 0.508 e. The highest BCUT2D eigenvalue weighted by molar-refractivity contribution is 5.32. The van der Waals surface area contributed by atoms with Crippen molar-refractivity contribution < 1.29 is 15.3 Å². The van der Waals surface area contributed by atoms with Crippen LogP contribution in [0.15, 0.2) is 18.2 Å². The quantitative estimate of drug-likeness (QED) is 0.649. The van der Waals surface area contributed by atoms with Gasteiger partial charge in [-0.1, -0.05) is 6.07 Å². The third-order valence-electron chi connectivity index (χ3n) is 2.67. The van der Waals surface area contributed by atoms with E-state index in [2.05, 4.69) is 0 Å². The first-order valence-electron chi connectivity index (χ1n) is 5.89. The smallest absolute Gasteiger partial charge is 0.116 e. The van der Waals surface area contributed by atoms with Gasteiger partial charge in [-0.25, -0.2) is 0 Å². The van der Waals surface area contributed by atoms with E-state index in [1.165, 1.54) is 0 Å². The molecular weight excluding hydrogens is 218 g/mol. The first-order valence-corrected chi connectivity index (χ1v) is 5.89. The topological polar surface area (TPSA) is 63.9 Å². The lowest BCUT2D eigenvalue weighted by atomic mass is 10.1. The maximum Gasteiger partial charge on any atom is 0.116 e. The minimum atomic E-state index is 0.0963. The van der Waals surface area contributed by atoms with Crippen LogP contribution >= 0.6 is 0 Å². The Morgan fingerprint density at radius 2 is 1.65 bits per heavy atom. The summed E-state index contributed by atoms with van der Waals surface area (Å²) in [4.78, 5) is 2.00. The Bertz CT molecular complexity index is 315. The third kappa shape index (κ3) is 5.17. The van der Waals surface area contributed by atoms with Gasteiger partial charge in [-0.2, -0.15) is 0 Å². The van der Waals surface area contributed by atoms with Gasteiger partial charge in [-0.3, -0.25) is 4.90 Å². The van der Waals surface area contributed by atoms with Crippen molar-refractivity contribution in [2.75, 3.05) is 32.8 Å². The molecule has 0 saturated carbocycles. The molecule has 17 heavy (non-hydrogen) atoms. The third-order valence-corrected chi connectivity index (χ3v) is 2.67. The van der Waals surface area contributed by atoms with Crippen LogP contribution in [0.5, 0.6) is 5.75 Å². The van der Waals surface area contributed by atoms with Crippen LogP contribution in [0.2, 0.25) is 0 Å².